The molecule has 0 radical (unpaired) electrons. The third kappa shape index (κ3) is 4.12. The number of nitrogens with zero attached hydrogens (tertiary/aromatic N) is 3. The average molecular weight is 378 g/mol. The lowest BCUT2D eigenvalue weighted by atomic mass is 10.2. The number of hydrogen-bond donors (Lipinski definition) is 1. The monoisotopic (exact) mass is 378 g/mol. The zero-order valence-electron chi connectivity index (χ0n) is 15.4. The Morgan fingerprint density at radius 1 is 1.33 bits per heavy atom. The molecule has 2 saturated heterocycles. The highest BCUT2D eigenvalue weighted by atomic mass is 19.1. The van der Waals surface area contributed by atoms with Gasteiger partial charge in [0.15, 0.2) is 0 Å². The molecular formula is C18H23FN4O4. The number of benzene rings is 1. The first-order chi connectivity index (χ1) is 12.9. The van der Waals surface area contributed by atoms with Gasteiger partial charge in [0.1, 0.15) is 11.9 Å². The van der Waals surface area contributed by atoms with E-state index in [4.69, 9.17) is 4.74 Å². The van der Waals surface area contributed by atoms with E-state index in [9.17, 15) is 18.8 Å². The van der Waals surface area contributed by atoms with E-state index in [1.54, 1.807) is 21.9 Å². The van der Waals surface area contributed by atoms with Gasteiger partial charge in [-0.2, -0.15) is 0 Å². The SMILES string of the molecule is CCN1CCN(c2ccc(N3CC(CNC(C)=O)OC3=O)cc2F)CC1=O. The first kappa shape index (κ1) is 18.9. The highest BCUT2D eigenvalue weighted by Gasteiger charge is 2.33. The van der Waals surface area contributed by atoms with Crippen molar-refractivity contribution in [3.05, 3.63) is 24.0 Å². The molecule has 9 heteroatoms. The van der Waals surface area contributed by atoms with Crippen LogP contribution in [-0.2, 0) is 14.3 Å². The summed E-state index contributed by atoms with van der Waals surface area (Å²) in [4.78, 5) is 39.8. The number of carbonyl (C=O) groups is 3. The largest absolute Gasteiger partial charge is 0.442 e. The number of piperazine rings is 1. The van der Waals surface area contributed by atoms with Gasteiger partial charge in [0.05, 0.1) is 31.0 Å². The van der Waals surface area contributed by atoms with Gasteiger partial charge in [0.25, 0.3) is 0 Å². The Morgan fingerprint density at radius 2 is 2.11 bits per heavy atom. The number of ether oxygens (including phenoxy) is 1. The average Bonchev–Trinajstić information content (AvgIpc) is 3.00. The zero-order chi connectivity index (χ0) is 19.6. The van der Waals surface area contributed by atoms with E-state index in [1.165, 1.54) is 17.9 Å². The zero-order valence-corrected chi connectivity index (χ0v) is 15.4. The van der Waals surface area contributed by atoms with Crippen LogP contribution in [0, 0.1) is 5.82 Å². The Hall–Kier alpha value is -2.84. The van der Waals surface area contributed by atoms with E-state index in [-0.39, 0.29) is 31.4 Å². The van der Waals surface area contributed by atoms with Crippen molar-refractivity contribution in [1.82, 2.24) is 10.2 Å². The lowest BCUT2D eigenvalue weighted by Gasteiger charge is -2.35. The van der Waals surface area contributed by atoms with Gasteiger partial charge in [-0.15, -0.1) is 0 Å². The van der Waals surface area contributed by atoms with Gasteiger partial charge in [-0.25, -0.2) is 9.18 Å². The van der Waals surface area contributed by atoms with Crippen molar-refractivity contribution in [3.63, 3.8) is 0 Å². The molecule has 0 saturated carbocycles. The molecule has 1 unspecified atom stereocenters. The topological polar surface area (TPSA) is 82.2 Å². The lowest BCUT2D eigenvalue weighted by Crippen LogP contribution is -2.50. The van der Waals surface area contributed by atoms with E-state index >= 15 is 0 Å². The molecule has 1 aromatic carbocycles. The summed E-state index contributed by atoms with van der Waals surface area (Å²) < 4.78 is 19.9. The number of nitrogens with one attached hydrogen (secondary N) is 1. The fraction of sp³-hybridized carbons (Fsp3) is 0.500. The summed E-state index contributed by atoms with van der Waals surface area (Å²) in [6.07, 6.45) is -1.06. The fourth-order valence-corrected chi connectivity index (χ4v) is 3.26. The van der Waals surface area contributed by atoms with Crippen molar-refractivity contribution in [2.45, 2.75) is 20.0 Å². The summed E-state index contributed by atoms with van der Waals surface area (Å²) in [6, 6.07) is 4.49. The Morgan fingerprint density at radius 3 is 2.74 bits per heavy atom. The molecule has 8 nitrogen and oxygen atoms in total. The van der Waals surface area contributed by atoms with Gasteiger partial charge in [-0.05, 0) is 25.1 Å². The number of cyclic esters (lactones) is 1. The van der Waals surface area contributed by atoms with E-state index < -0.39 is 18.0 Å². The maximum atomic E-state index is 14.7. The Labute approximate surface area is 156 Å². The minimum atomic E-state index is -0.579. The van der Waals surface area contributed by atoms with Crippen LogP contribution in [0.15, 0.2) is 18.2 Å². The number of halogens is 1. The molecule has 0 spiro atoms. The summed E-state index contributed by atoms with van der Waals surface area (Å²) in [7, 11) is 0. The summed E-state index contributed by atoms with van der Waals surface area (Å²) >= 11 is 0. The Balaban J connectivity index is 1.69. The number of rotatable bonds is 5. The van der Waals surface area contributed by atoms with Crippen molar-refractivity contribution in [2.75, 3.05) is 49.1 Å². The maximum absolute atomic E-state index is 14.7. The normalized spacial score (nSPS) is 20.1. The van der Waals surface area contributed by atoms with Crippen LogP contribution in [0.4, 0.5) is 20.6 Å². The summed E-state index contributed by atoms with van der Waals surface area (Å²) in [5.74, 6) is -0.739. The fourth-order valence-electron chi connectivity index (χ4n) is 3.26. The van der Waals surface area contributed by atoms with Crippen molar-refractivity contribution < 1.29 is 23.5 Å². The van der Waals surface area contributed by atoms with Crippen molar-refractivity contribution in [2.24, 2.45) is 0 Å². The first-order valence-corrected chi connectivity index (χ1v) is 8.94. The molecule has 2 aliphatic heterocycles. The summed E-state index contributed by atoms with van der Waals surface area (Å²) in [5, 5.41) is 2.60. The van der Waals surface area contributed by atoms with Crippen LogP contribution in [0.25, 0.3) is 0 Å². The molecular weight excluding hydrogens is 355 g/mol. The van der Waals surface area contributed by atoms with Gasteiger partial charge < -0.3 is 19.9 Å². The maximum Gasteiger partial charge on any atom is 0.414 e. The first-order valence-electron chi connectivity index (χ1n) is 8.94. The van der Waals surface area contributed by atoms with Crippen LogP contribution >= 0.6 is 0 Å². The third-order valence-corrected chi connectivity index (χ3v) is 4.74. The van der Waals surface area contributed by atoms with Gasteiger partial charge in [-0.3, -0.25) is 14.5 Å². The second-order valence-electron chi connectivity index (χ2n) is 6.58. The van der Waals surface area contributed by atoms with Crippen molar-refractivity contribution >= 4 is 29.3 Å². The standard InChI is InChI=1S/C18H23FN4O4/c1-3-21-6-7-22(11-17(21)25)16-5-4-13(8-15(16)19)23-10-14(27-18(23)26)9-20-12(2)24/h4-5,8,14H,3,6-7,9-11H2,1-2H3,(H,20,24). The number of hydrogen-bond acceptors (Lipinski definition) is 5. The molecule has 3 rings (SSSR count). The smallest absolute Gasteiger partial charge is 0.414 e. The third-order valence-electron chi connectivity index (χ3n) is 4.74. The molecule has 0 aromatic heterocycles. The van der Waals surface area contributed by atoms with Crippen molar-refractivity contribution in [3.8, 4) is 0 Å². The number of likely N-dealkylation sites (N-methyl/N-ethyl adjacent to an activating group) is 1. The molecule has 2 aliphatic rings. The second kappa shape index (κ2) is 7.81. The van der Waals surface area contributed by atoms with Crippen LogP contribution in [0.1, 0.15) is 13.8 Å². The summed E-state index contributed by atoms with van der Waals surface area (Å²) in [6.45, 7) is 5.62. The van der Waals surface area contributed by atoms with E-state index in [1.807, 2.05) is 6.92 Å². The lowest BCUT2D eigenvalue weighted by molar-refractivity contribution is -0.130. The molecule has 3 amide bonds. The highest BCUT2D eigenvalue weighted by Crippen LogP contribution is 2.28. The van der Waals surface area contributed by atoms with Crippen LogP contribution in [0.3, 0.4) is 0 Å². The van der Waals surface area contributed by atoms with Crippen LogP contribution in [-0.4, -0.2) is 68.2 Å². The molecule has 1 N–H and O–H groups in total. The molecule has 146 valence electrons. The van der Waals surface area contributed by atoms with E-state index in [0.29, 0.717) is 31.0 Å². The minimum Gasteiger partial charge on any atom is -0.442 e. The minimum absolute atomic E-state index is 0.0313. The molecule has 0 bridgehead atoms. The molecule has 2 fully saturated rings. The van der Waals surface area contributed by atoms with E-state index in [2.05, 4.69) is 5.32 Å². The molecule has 0 aliphatic carbocycles. The second-order valence-corrected chi connectivity index (χ2v) is 6.58. The van der Waals surface area contributed by atoms with Gasteiger partial charge in [0.2, 0.25) is 11.8 Å². The number of anilines is 2. The Bertz CT molecular complexity index is 757. The number of amides is 3. The predicted octanol–water partition coefficient (Wildman–Crippen LogP) is 0.955. The molecule has 27 heavy (non-hydrogen) atoms. The molecule has 1 atom stereocenters. The van der Waals surface area contributed by atoms with Crippen molar-refractivity contribution in [1.29, 1.82) is 0 Å². The highest BCUT2D eigenvalue weighted by molar-refractivity contribution is 5.90. The van der Waals surface area contributed by atoms with Gasteiger partial charge in [0, 0.05) is 26.6 Å². The Kier molecular flexibility index (Phi) is 5.48. The van der Waals surface area contributed by atoms with Crippen LogP contribution in [0.5, 0.6) is 0 Å². The quantitative estimate of drug-likeness (QED) is 0.825. The van der Waals surface area contributed by atoms with Crippen LogP contribution in [0.2, 0.25) is 0 Å². The molecule has 1 aromatic rings. The van der Waals surface area contributed by atoms with Gasteiger partial charge in [-0.1, -0.05) is 0 Å². The van der Waals surface area contributed by atoms with E-state index in [0.717, 1.165) is 0 Å². The predicted molar refractivity (Wildman–Crippen MR) is 97.2 cm³/mol. The number of carbonyl (C=O) groups excluding carboxylic acids is 3. The summed E-state index contributed by atoms with van der Waals surface area (Å²) in [5.41, 5.74) is 0.718. The van der Waals surface area contributed by atoms with Gasteiger partial charge >= 0.3 is 6.09 Å². The molecule has 2 heterocycles. The van der Waals surface area contributed by atoms with Crippen LogP contribution < -0.4 is 15.1 Å².